The molecule has 4 heteroatoms. The van der Waals surface area contributed by atoms with E-state index in [-0.39, 0.29) is 16.8 Å². The molecule has 0 aromatic rings. The number of nitrogens with zero attached hydrogens (tertiary/aromatic N) is 1. The lowest BCUT2D eigenvalue weighted by Gasteiger charge is -2.39. The molecule has 1 fully saturated rings. The summed E-state index contributed by atoms with van der Waals surface area (Å²) in [5, 5.41) is 2.66. The van der Waals surface area contributed by atoms with E-state index in [0.717, 1.165) is 31.4 Å². The van der Waals surface area contributed by atoms with E-state index in [9.17, 15) is 4.79 Å². The van der Waals surface area contributed by atoms with Crippen molar-refractivity contribution in [3.63, 3.8) is 0 Å². The third-order valence-electron chi connectivity index (χ3n) is 3.07. The van der Waals surface area contributed by atoms with E-state index in [0.29, 0.717) is 0 Å². The number of amides is 1. The van der Waals surface area contributed by atoms with Crippen molar-refractivity contribution in [2.75, 3.05) is 0 Å². The quantitative estimate of drug-likeness (QED) is 0.588. The van der Waals surface area contributed by atoms with E-state index in [4.69, 9.17) is 0 Å². The van der Waals surface area contributed by atoms with Crippen molar-refractivity contribution in [2.24, 2.45) is 4.99 Å². The Kier molecular flexibility index (Phi) is 2.56. The van der Waals surface area contributed by atoms with E-state index >= 15 is 0 Å². The molecule has 1 aliphatic heterocycles. The van der Waals surface area contributed by atoms with Crippen LogP contribution in [0.5, 0.6) is 0 Å². The van der Waals surface area contributed by atoms with Crippen molar-refractivity contribution < 1.29 is 4.79 Å². The number of nitrogens with one attached hydrogen (secondary N) is 1. The maximum absolute atomic E-state index is 11.6. The zero-order valence-electron chi connectivity index (χ0n) is 8.42. The van der Waals surface area contributed by atoms with E-state index < -0.39 is 0 Å². The van der Waals surface area contributed by atoms with Crippen LogP contribution in [0.15, 0.2) is 4.99 Å². The Bertz CT molecular complexity index is 282. The molecular formula is C10H16N2OS. The van der Waals surface area contributed by atoms with Gasteiger partial charge < -0.3 is 5.32 Å². The molecule has 0 radical (unpaired) electrons. The lowest BCUT2D eigenvalue weighted by atomic mass is 9.88. The summed E-state index contributed by atoms with van der Waals surface area (Å²) >= 11 is 4.21. The average molecular weight is 212 g/mol. The molecule has 3 nitrogen and oxygen atoms in total. The molecule has 1 heterocycles. The van der Waals surface area contributed by atoms with Crippen LogP contribution >= 0.6 is 12.6 Å². The number of carbonyl (C=O) groups excluding carboxylic acids is 1. The maximum Gasteiger partial charge on any atom is 0.240 e. The van der Waals surface area contributed by atoms with Crippen LogP contribution in [-0.4, -0.2) is 22.5 Å². The molecule has 78 valence electrons. The van der Waals surface area contributed by atoms with Gasteiger partial charge in [-0.1, -0.05) is 6.42 Å². The van der Waals surface area contributed by atoms with Crippen molar-refractivity contribution in [3.05, 3.63) is 0 Å². The Morgan fingerprint density at radius 3 is 2.64 bits per heavy atom. The maximum atomic E-state index is 11.6. The Labute approximate surface area is 89.8 Å². The van der Waals surface area contributed by atoms with Crippen LogP contribution in [0, 0.1) is 0 Å². The second-order valence-corrected chi connectivity index (χ2v) is 4.75. The molecule has 1 aliphatic carbocycles. The van der Waals surface area contributed by atoms with Crippen LogP contribution in [0.3, 0.4) is 0 Å². The minimum Gasteiger partial charge on any atom is -0.330 e. The normalized spacial score (nSPS) is 31.1. The molecule has 14 heavy (non-hydrogen) atoms. The standard InChI is InChI=1S/C10H16N2OS/c1-7-8(14)9(13)12-10(11-7)5-3-2-4-6-10/h8,14H,2-6H2,1H3,(H,12,13). The van der Waals surface area contributed by atoms with Crippen LogP contribution in [-0.2, 0) is 4.79 Å². The highest BCUT2D eigenvalue weighted by atomic mass is 32.1. The summed E-state index contributed by atoms with van der Waals surface area (Å²) in [4.78, 5) is 16.2. The van der Waals surface area contributed by atoms with Gasteiger partial charge in [0.25, 0.3) is 0 Å². The van der Waals surface area contributed by atoms with Gasteiger partial charge in [0.2, 0.25) is 5.91 Å². The van der Waals surface area contributed by atoms with Gasteiger partial charge in [-0.3, -0.25) is 9.79 Å². The van der Waals surface area contributed by atoms with Crippen LogP contribution < -0.4 is 5.32 Å². The predicted octanol–water partition coefficient (Wildman–Crippen LogP) is 1.54. The smallest absolute Gasteiger partial charge is 0.240 e. The molecule has 1 amide bonds. The number of aliphatic imine (C=N–C) groups is 1. The van der Waals surface area contributed by atoms with Crippen LogP contribution in [0.2, 0.25) is 0 Å². The molecule has 1 saturated carbocycles. The Hall–Kier alpha value is -0.510. The fourth-order valence-electron chi connectivity index (χ4n) is 2.29. The van der Waals surface area contributed by atoms with Gasteiger partial charge in [-0.25, -0.2) is 0 Å². The highest BCUT2D eigenvalue weighted by Crippen LogP contribution is 2.32. The van der Waals surface area contributed by atoms with E-state index in [1.807, 2.05) is 6.92 Å². The zero-order valence-corrected chi connectivity index (χ0v) is 9.31. The summed E-state index contributed by atoms with van der Waals surface area (Å²) < 4.78 is 0. The molecule has 2 aliphatic rings. The number of hydrogen-bond donors (Lipinski definition) is 2. The molecule has 1 spiro atoms. The van der Waals surface area contributed by atoms with Gasteiger partial charge in [0, 0.05) is 5.71 Å². The first-order valence-corrected chi connectivity index (χ1v) is 5.71. The minimum atomic E-state index is -0.345. The molecule has 0 saturated heterocycles. The molecule has 0 bridgehead atoms. The molecule has 1 N–H and O–H groups in total. The average Bonchev–Trinajstić information content (AvgIpc) is 2.15. The molecule has 1 atom stereocenters. The second kappa shape index (κ2) is 3.57. The van der Waals surface area contributed by atoms with Crippen LogP contribution in [0.4, 0.5) is 0 Å². The van der Waals surface area contributed by atoms with E-state index in [1.165, 1.54) is 6.42 Å². The molecule has 1 unspecified atom stereocenters. The molecular weight excluding hydrogens is 196 g/mol. The first kappa shape index (κ1) is 10.0. The predicted molar refractivity (Wildman–Crippen MR) is 59.8 cm³/mol. The van der Waals surface area contributed by atoms with Gasteiger partial charge in [0.05, 0.1) is 0 Å². The van der Waals surface area contributed by atoms with E-state index in [2.05, 4.69) is 22.9 Å². The summed E-state index contributed by atoms with van der Waals surface area (Å²) in [6, 6.07) is 0. The van der Waals surface area contributed by atoms with Crippen molar-refractivity contribution in [3.8, 4) is 0 Å². The SMILES string of the molecule is CC1=NC2(CCCCC2)NC(=O)C1S. The number of hydrogen-bond acceptors (Lipinski definition) is 3. The number of carbonyl (C=O) groups is 1. The summed E-state index contributed by atoms with van der Waals surface area (Å²) in [7, 11) is 0. The van der Waals surface area contributed by atoms with Gasteiger partial charge in [-0.2, -0.15) is 12.6 Å². The highest BCUT2D eigenvalue weighted by molar-refractivity contribution is 7.82. The van der Waals surface area contributed by atoms with Crippen molar-refractivity contribution in [2.45, 2.75) is 49.9 Å². The topological polar surface area (TPSA) is 41.5 Å². The Balaban J connectivity index is 2.24. The van der Waals surface area contributed by atoms with Gasteiger partial charge >= 0.3 is 0 Å². The van der Waals surface area contributed by atoms with Crippen molar-refractivity contribution in [1.82, 2.24) is 5.32 Å². The summed E-state index contributed by atoms with van der Waals surface area (Å²) in [6.45, 7) is 1.90. The molecule has 0 aromatic heterocycles. The fourth-order valence-corrected chi connectivity index (χ4v) is 2.41. The first-order chi connectivity index (χ1) is 6.63. The summed E-state index contributed by atoms with van der Waals surface area (Å²) in [5.41, 5.74) is 0.581. The highest BCUT2D eigenvalue weighted by Gasteiger charge is 2.38. The summed E-state index contributed by atoms with van der Waals surface area (Å²) in [5.74, 6) is 0.0164. The third-order valence-corrected chi connectivity index (χ3v) is 3.68. The lowest BCUT2D eigenvalue weighted by molar-refractivity contribution is -0.122. The van der Waals surface area contributed by atoms with Crippen molar-refractivity contribution >= 4 is 24.2 Å². The van der Waals surface area contributed by atoms with Gasteiger partial charge in [-0.05, 0) is 32.6 Å². The third kappa shape index (κ3) is 1.67. The van der Waals surface area contributed by atoms with Crippen LogP contribution in [0.25, 0.3) is 0 Å². The van der Waals surface area contributed by atoms with Gasteiger partial charge in [0.1, 0.15) is 10.9 Å². The Morgan fingerprint density at radius 2 is 2.07 bits per heavy atom. The zero-order chi connectivity index (χ0) is 10.2. The fraction of sp³-hybridized carbons (Fsp3) is 0.800. The first-order valence-electron chi connectivity index (χ1n) is 5.19. The van der Waals surface area contributed by atoms with Crippen LogP contribution in [0.1, 0.15) is 39.0 Å². The number of rotatable bonds is 0. The van der Waals surface area contributed by atoms with E-state index in [1.54, 1.807) is 0 Å². The number of thiol groups is 1. The summed E-state index contributed by atoms with van der Waals surface area (Å²) in [6.07, 6.45) is 5.55. The monoisotopic (exact) mass is 212 g/mol. The van der Waals surface area contributed by atoms with Gasteiger partial charge in [-0.15, -0.1) is 0 Å². The van der Waals surface area contributed by atoms with Gasteiger partial charge in [0.15, 0.2) is 0 Å². The largest absolute Gasteiger partial charge is 0.330 e. The Morgan fingerprint density at radius 1 is 1.43 bits per heavy atom. The lowest BCUT2D eigenvalue weighted by Crippen LogP contribution is -2.56. The second-order valence-electron chi connectivity index (χ2n) is 4.24. The van der Waals surface area contributed by atoms with Crippen molar-refractivity contribution in [1.29, 1.82) is 0 Å². The minimum absolute atomic E-state index is 0.0164. The molecule has 0 aromatic carbocycles. The molecule has 2 rings (SSSR count).